The van der Waals surface area contributed by atoms with E-state index < -0.39 is 15.9 Å². The van der Waals surface area contributed by atoms with Crippen molar-refractivity contribution in [2.75, 3.05) is 19.4 Å². The maximum Gasteiger partial charge on any atom is 0.274 e. The van der Waals surface area contributed by atoms with Gasteiger partial charge in [0.1, 0.15) is 0 Å². The molecule has 0 radical (unpaired) electrons. The number of ether oxygens (including phenoxy) is 1. The van der Waals surface area contributed by atoms with Crippen LogP contribution in [-0.2, 0) is 26.2 Å². The van der Waals surface area contributed by atoms with Crippen LogP contribution in [0.3, 0.4) is 0 Å². The Kier molecular flexibility index (Phi) is 9.77. The molecule has 2 rings (SSSR count). The third-order valence-electron chi connectivity index (χ3n) is 5.33. The molecular formula is C21H34N2O5S2. The molecule has 1 aromatic heterocycles. The first-order valence-corrected chi connectivity index (χ1v) is 13.4. The predicted molar refractivity (Wildman–Crippen MR) is 119 cm³/mol. The second-order valence-corrected chi connectivity index (χ2v) is 11.1. The van der Waals surface area contributed by atoms with E-state index in [1.165, 1.54) is 37.0 Å². The molecule has 0 bridgehead atoms. The van der Waals surface area contributed by atoms with Gasteiger partial charge in [0.15, 0.2) is 0 Å². The van der Waals surface area contributed by atoms with Crippen LogP contribution >= 0.6 is 11.3 Å². The van der Waals surface area contributed by atoms with Crippen molar-refractivity contribution in [2.24, 2.45) is 5.92 Å². The third-order valence-corrected chi connectivity index (χ3v) is 6.95. The van der Waals surface area contributed by atoms with E-state index >= 15 is 0 Å². The van der Waals surface area contributed by atoms with Crippen LogP contribution in [-0.4, -0.2) is 50.6 Å². The van der Waals surface area contributed by atoms with E-state index in [1.807, 2.05) is 9.62 Å². The Morgan fingerprint density at radius 3 is 2.80 bits per heavy atom. The first-order chi connectivity index (χ1) is 14.2. The highest BCUT2D eigenvalue weighted by atomic mass is 32.2. The molecular weight excluding hydrogens is 424 g/mol. The number of sulfonamides is 1. The Morgan fingerprint density at radius 2 is 2.10 bits per heavy atom. The molecule has 2 amide bonds. The number of rotatable bonds is 13. The lowest BCUT2D eigenvalue weighted by atomic mass is 9.99. The number of carbonyl (C=O) groups is 2. The van der Waals surface area contributed by atoms with Gasteiger partial charge in [-0.3, -0.25) is 9.59 Å². The fourth-order valence-electron chi connectivity index (χ4n) is 3.61. The number of nitrogens with zero attached hydrogens (tertiary/aromatic N) is 1. The number of nitrogens with one attached hydrogen (secondary N) is 1. The van der Waals surface area contributed by atoms with E-state index in [0.29, 0.717) is 30.4 Å². The maximum atomic E-state index is 12.3. The zero-order valence-electron chi connectivity index (χ0n) is 18.2. The van der Waals surface area contributed by atoms with Gasteiger partial charge in [-0.15, -0.1) is 11.3 Å². The van der Waals surface area contributed by atoms with E-state index in [1.54, 1.807) is 12.1 Å². The molecule has 1 aliphatic heterocycles. The zero-order valence-corrected chi connectivity index (χ0v) is 19.8. The minimum Gasteiger partial charge on any atom is -0.374 e. The van der Waals surface area contributed by atoms with Crippen LogP contribution in [0.5, 0.6) is 0 Å². The number of hydrogen-bond acceptors (Lipinski definition) is 6. The molecule has 1 saturated heterocycles. The molecule has 170 valence electrons. The number of thiophene rings is 1. The molecule has 0 unspecified atom stereocenters. The summed E-state index contributed by atoms with van der Waals surface area (Å²) in [5.74, 6) is 0.198. The third kappa shape index (κ3) is 8.35. The molecule has 2 heterocycles. The second-order valence-electron chi connectivity index (χ2n) is 8.15. The van der Waals surface area contributed by atoms with Crippen LogP contribution in [0, 0.1) is 5.92 Å². The number of carbonyl (C=O) groups excluding carboxylic acids is 2. The van der Waals surface area contributed by atoms with Gasteiger partial charge in [0.2, 0.25) is 15.9 Å². The molecule has 0 spiro atoms. The second kappa shape index (κ2) is 11.8. The summed E-state index contributed by atoms with van der Waals surface area (Å²) in [6.45, 7) is 6.06. The Balaban J connectivity index is 1.76. The summed E-state index contributed by atoms with van der Waals surface area (Å²) in [5.41, 5.74) is 0. The minimum atomic E-state index is -3.58. The van der Waals surface area contributed by atoms with E-state index in [9.17, 15) is 18.0 Å². The Morgan fingerprint density at radius 1 is 1.33 bits per heavy atom. The number of hydrogen-bond donors (Lipinski definition) is 1. The van der Waals surface area contributed by atoms with Gasteiger partial charge in [0, 0.05) is 17.8 Å². The number of unbranched alkanes of at least 4 members (excludes halogenated alkanes) is 2. The maximum absolute atomic E-state index is 12.3. The summed E-state index contributed by atoms with van der Waals surface area (Å²) in [5, 5.41) is 0. The highest BCUT2D eigenvalue weighted by Crippen LogP contribution is 2.23. The van der Waals surface area contributed by atoms with Crippen LogP contribution in [0.4, 0.5) is 0 Å². The van der Waals surface area contributed by atoms with Crippen LogP contribution in [0.25, 0.3) is 0 Å². The highest BCUT2D eigenvalue weighted by Gasteiger charge is 2.30. The van der Waals surface area contributed by atoms with Gasteiger partial charge < -0.3 is 9.64 Å². The number of amides is 2. The average molecular weight is 459 g/mol. The van der Waals surface area contributed by atoms with Crippen molar-refractivity contribution in [2.45, 2.75) is 71.4 Å². The van der Waals surface area contributed by atoms with Crippen molar-refractivity contribution in [1.82, 2.24) is 9.62 Å². The molecule has 30 heavy (non-hydrogen) atoms. The first-order valence-electron chi connectivity index (χ1n) is 10.7. The summed E-state index contributed by atoms with van der Waals surface area (Å²) >= 11 is 1.21. The highest BCUT2D eigenvalue weighted by molar-refractivity contribution is 7.89. The SMILES string of the molecule is CCCCC[C@H](C)CCN1C(=O)CC[C@@H]1COCc1ccc(C(=O)NS(C)(=O)=O)s1. The van der Waals surface area contributed by atoms with Crippen LogP contribution in [0.15, 0.2) is 12.1 Å². The smallest absolute Gasteiger partial charge is 0.274 e. The molecule has 1 aliphatic rings. The normalized spacial score (nSPS) is 18.0. The summed E-state index contributed by atoms with van der Waals surface area (Å²) < 4.78 is 30.1. The van der Waals surface area contributed by atoms with Crippen molar-refractivity contribution in [1.29, 1.82) is 0 Å². The van der Waals surface area contributed by atoms with Crippen LogP contribution < -0.4 is 4.72 Å². The van der Waals surface area contributed by atoms with Gasteiger partial charge in [-0.25, -0.2) is 13.1 Å². The summed E-state index contributed by atoms with van der Waals surface area (Å²) in [6.07, 6.45) is 8.32. The van der Waals surface area contributed by atoms with Crippen molar-refractivity contribution in [3.8, 4) is 0 Å². The summed E-state index contributed by atoms with van der Waals surface area (Å²) in [4.78, 5) is 27.3. The lowest BCUT2D eigenvalue weighted by molar-refractivity contribution is -0.130. The lowest BCUT2D eigenvalue weighted by Crippen LogP contribution is -2.37. The van der Waals surface area contributed by atoms with Gasteiger partial charge in [0.05, 0.1) is 30.4 Å². The average Bonchev–Trinajstić information content (AvgIpc) is 3.26. The Bertz CT molecular complexity index is 806. The topological polar surface area (TPSA) is 92.8 Å². The van der Waals surface area contributed by atoms with Gasteiger partial charge >= 0.3 is 0 Å². The molecule has 0 saturated carbocycles. The van der Waals surface area contributed by atoms with Crippen molar-refractivity contribution in [3.05, 3.63) is 21.9 Å². The van der Waals surface area contributed by atoms with Gasteiger partial charge in [-0.2, -0.15) is 0 Å². The quantitative estimate of drug-likeness (QED) is 0.456. The largest absolute Gasteiger partial charge is 0.374 e. The van der Waals surface area contributed by atoms with Gasteiger partial charge in [-0.05, 0) is 30.9 Å². The summed E-state index contributed by atoms with van der Waals surface area (Å²) in [7, 11) is -3.58. The molecule has 9 heteroatoms. The Labute approximate surface area is 184 Å². The fraction of sp³-hybridized carbons (Fsp3) is 0.714. The molecule has 1 N–H and O–H groups in total. The van der Waals surface area contributed by atoms with Gasteiger partial charge in [-0.1, -0.05) is 39.5 Å². The molecule has 0 aliphatic carbocycles. The van der Waals surface area contributed by atoms with E-state index in [2.05, 4.69) is 13.8 Å². The molecule has 7 nitrogen and oxygen atoms in total. The van der Waals surface area contributed by atoms with Crippen LogP contribution in [0.2, 0.25) is 0 Å². The summed E-state index contributed by atoms with van der Waals surface area (Å²) in [6, 6.07) is 3.46. The molecule has 2 atom stereocenters. The van der Waals surface area contributed by atoms with Crippen molar-refractivity contribution >= 4 is 33.2 Å². The molecule has 1 aromatic rings. The zero-order chi connectivity index (χ0) is 22.1. The Hall–Kier alpha value is -1.45. The molecule has 1 fully saturated rings. The van der Waals surface area contributed by atoms with Crippen molar-refractivity contribution < 1.29 is 22.7 Å². The van der Waals surface area contributed by atoms with E-state index in [0.717, 1.165) is 30.5 Å². The van der Waals surface area contributed by atoms with E-state index in [-0.39, 0.29) is 11.9 Å². The molecule has 0 aromatic carbocycles. The predicted octanol–water partition coefficient (Wildman–Crippen LogP) is 3.55. The number of likely N-dealkylation sites (tertiary alicyclic amines) is 1. The van der Waals surface area contributed by atoms with E-state index in [4.69, 9.17) is 4.74 Å². The fourth-order valence-corrected chi connectivity index (χ4v) is 4.96. The lowest BCUT2D eigenvalue weighted by Gasteiger charge is -2.26. The monoisotopic (exact) mass is 458 g/mol. The minimum absolute atomic E-state index is 0.105. The van der Waals surface area contributed by atoms with Crippen molar-refractivity contribution in [3.63, 3.8) is 0 Å². The van der Waals surface area contributed by atoms with Gasteiger partial charge in [0.25, 0.3) is 5.91 Å². The van der Waals surface area contributed by atoms with Crippen LogP contribution in [0.1, 0.15) is 73.3 Å². The first kappa shape index (κ1) is 24.8. The standard InChI is InChI=1S/C21H34N2O5S2/c1-4-5-6-7-16(2)12-13-23-17(8-11-20(23)24)14-28-15-18-9-10-19(29-18)21(25)22-30(3,26)27/h9-10,16-17H,4-8,11-15H2,1-3H3,(H,22,25)/t16-,17+/m0/s1.